The summed E-state index contributed by atoms with van der Waals surface area (Å²) in [4.78, 5) is 38.7. The molecule has 2 aliphatic rings. The molecule has 0 radical (unpaired) electrons. The number of carbonyl (C=O) groups excluding carboxylic acids is 3. The zero-order valence-electron chi connectivity index (χ0n) is 16.8. The summed E-state index contributed by atoms with van der Waals surface area (Å²) in [5, 5.41) is 5.55. The first kappa shape index (κ1) is 21.0. The zero-order chi connectivity index (χ0) is 22.1. The number of nitrogens with zero attached hydrogens (tertiary/aromatic N) is 1. The number of hydrogen-bond acceptors (Lipinski definition) is 5. The molecule has 2 N–H and O–H groups in total. The van der Waals surface area contributed by atoms with Gasteiger partial charge in [-0.2, -0.15) is 0 Å². The number of carbonyl (C=O) groups is 3. The fourth-order valence-electron chi connectivity index (χ4n) is 3.87. The summed E-state index contributed by atoms with van der Waals surface area (Å²) < 4.78 is 23.4. The van der Waals surface area contributed by atoms with Crippen LogP contribution in [-0.4, -0.2) is 48.2 Å². The van der Waals surface area contributed by atoms with E-state index in [-0.39, 0.29) is 36.8 Å². The molecule has 4 rings (SSSR count). The number of rotatable bonds is 5. The molecule has 8 nitrogen and oxygen atoms in total. The molecule has 0 bridgehead atoms. The molecule has 162 valence electrons. The van der Waals surface area contributed by atoms with Gasteiger partial charge in [-0.1, -0.05) is 42.5 Å². The maximum Gasteiger partial charge on any atom is 0.325 e. The van der Waals surface area contributed by atoms with Gasteiger partial charge in [-0.05, 0) is 36.1 Å². The highest BCUT2D eigenvalue weighted by atomic mass is 32.2. The normalized spacial score (nSPS) is 19.3. The van der Waals surface area contributed by atoms with Crippen molar-refractivity contribution in [2.45, 2.75) is 31.5 Å². The van der Waals surface area contributed by atoms with Crippen molar-refractivity contribution in [3.63, 3.8) is 0 Å². The molecule has 2 aromatic carbocycles. The number of nitrogens with one attached hydrogen (secondary N) is 2. The van der Waals surface area contributed by atoms with Crippen LogP contribution < -0.4 is 10.6 Å². The topological polar surface area (TPSA) is 113 Å². The molecule has 2 fully saturated rings. The average molecular weight is 442 g/mol. The molecular formula is C22H23N3O5S. The lowest BCUT2D eigenvalue weighted by molar-refractivity contribution is -0.132. The number of urea groups is 1. The van der Waals surface area contributed by atoms with E-state index in [0.29, 0.717) is 17.7 Å². The number of benzene rings is 2. The van der Waals surface area contributed by atoms with Crippen molar-refractivity contribution in [1.82, 2.24) is 15.5 Å². The van der Waals surface area contributed by atoms with Crippen molar-refractivity contribution < 1.29 is 22.8 Å². The summed E-state index contributed by atoms with van der Waals surface area (Å²) in [7, 11) is -3.16. The average Bonchev–Trinajstić information content (AvgIpc) is 3.00. The van der Waals surface area contributed by atoms with Gasteiger partial charge >= 0.3 is 6.03 Å². The number of imide groups is 1. The van der Waals surface area contributed by atoms with Crippen molar-refractivity contribution in [3.05, 3.63) is 71.3 Å². The Morgan fingerprint density at radius 1 is 0.968 bits per heavy atom. The van der Waals surface area contributed by atoms with Gasteiger partial charge in [0.2, 0.25) is 0 Å². The number of hydrogen-bond donors (Lipinski definition) is 2. The van der Waals surface area contributed by atoms with Crippen LogP contribution in [0.25, 0.3) is 0 Å². The maximum atomic E-state index is 12.9. The highest BCUT2D eigenvalue weighted by Gasteiger charge is 2.53. The lowest BCUT2D eigenvalue weighted by Gasteiger charge is -2.30. The lowest BCUT2D eigenvalue weighted by atomic mass is 9.92. The third-order valence-corrected chi connectivity index (χ3v) is 7.43. The maximum absolute atomic E-state index is 12.9. The highest BCUT2D eigenvalue weighted by Crippen LogP contribution is 2.31. The number of amides is 4. The highest BCUT2D eigenvalue weighted by molar-refractivity contribution is 7.91. The van der Waals surface area contributed by atoms with Crippen LogP contribution in [-0.2, 0) is 27.7 Å². The van der Waals surface area contributed by atoms with Crippen molar-refractivity contribution in [1.29, 1.82) is 0 Å². The molecule has 9 heteroatoms. The van der Waals surface area contributed by atoms with E-state index in [1.807, 2.05) is 30.3 Å². The molecule has 0 saturated carbocycles. The van der Waals surface area contributed by atoms with Gasteiger partial charge in [0.05, 0.1) is 18.1 Å². The smallest absolute Gasteiger partial charge is 0.325 e. The van der Waals surface area contributed by atoms with Crippen LogP contribution in [0.3, 0.4) is 0 Å². The Labute approximate surface area is 180 Å². The largest absolute Gasteiger partial charge is 0.348 e. The van der Waals surface area contributed by atoms with E-state index >= 15 is 0 Å². The van der Waals surface area contributed by atoms with Gasteiger partial charge in [-0.3, -0.25) is 14.5 Å². The Morgan fingerprint density at radius 2 is 1.61 bits per heavy atom. The van der Waals surface area contributed by atoms with Crippen LogP contribution >= 0.6 is 0 Å². The van der Waals surface area contributed by atoms with E-state index < -0.39 is 27.3 Å². The summed E-state index contributed by atoms with van der Waals surface area (Å²) in [6.07, 6.45) is 0.188. The predicted molar refractivity (Wildman–Crippen MR) is 114 cm³/mol. The van der Waals surface area contributed by atoms with Gasteiger partial charge in [0, 0.05) is 12.1 Å². The first-order chi connectivity index (χ1) is 14.8. The van der Waals surface area contributed by atoms with Gasteiger partial charge in [0.25, 0.3) is 11.8 Å². The Hall–Kier alpha value is -3.20. The second kappa shape index (κ2) is 8.14. The number of sulfone groups is 1. The molecule has 31 heavy (non-hydrogen) atoms. The summed E-state index contributed by atoms with van der Waals surface area (Å²) in [5.41, 5.74) is 1.05. The zero-order valence-corrected chi connectivity index (χ0v) is 17.7. The molecule has 0 atom stereocenters. The molecule has 2 heterocycles. The summed E-state index contributed by atoms with van der Waals surface area (Å²) in [6.45, 7) is 0.479. The molecule has 0 aliphatic carbocycles. The first-order valence-corrected chi connectivity index (χ1v) is 11.9. The summed E-state index contributed by atoms with van der Waals surface area (Å²) >= 11 is 0. The minimum atomic E-state index is -3.16. The molecule has 2 saturated heterocycles. The van der Waals surface area contributed by atoms with Gasteiger partial charge in [-0.25, -0.2) is 13.2 Å². The van der Waals surface area contributed by atoms with E-state index in [2.05, 4.69) is 10.6 Å². The van der Waals surface area contributed by atoms with E-state index in [9.17, 15) is 22.8 Å². The van der Waals surface area contributed by atoms with E-state index in [0.717, 1.165) is 10.5 Å². The Balaban J connectivity index is 1.38. The molecule has 2 aromatic rings. The second-order valence-electron chi connectivity index (χ2n) is 7.92. The third-order valence-electron chi connectivity index (χ3n) is 5.78. The van der Waals surface area contributed by atoms with E-state index in [1.54, 1.807) is 24.3 Å². The molecule has 1 spiro atoms. The van der Waals surface area contributed by atoms with Gasteiger partial charge in [0.1, 0.15) is 5.54 Å². The van der Waals surface area contributed by atoms with E-state index in [1.165, 1.54) is 0 Å². The fraction of sp³-hybridized carbons (Fsp3) is 0.318. The first-order valence-electron chi connectivity index (χ1n) is 10.0. The van der Waals surface area contributed by atoms with Crippen molar-refractivity contribution in [2.75, 3.05) is 11.5 Å². The summed E-state index contributed by atoms with van der Waals surface area (Å²) in [6, 6.07) is 15.8. The molecule has 0 unspecified atom stereocenters. The quantitative estimate of drug-likeness (QED) is 0.685. The van der Waals surface area contributed by atoms with Crippen molar-refractivity contribution >= 4 is 27.7 Å². The van der Waals surface area contributed by atoms with Crippen LogP contribution in [0.15, 0.2) is 54.6 Å². The monoisotopic (exact) mass is 441 g/mol. The second-order valence-corrected chi connectivity index (χ2v) is 10.2. The minimum Gasteiger partial charge on any atom is -0.348 e. The Kier molecular flexibility index (Phi) is 5.53. The fourth-order valence-corrected chi connectivity index (χ4v) is 5.39. The molecule has 2 aliphatic heterocycles. The van der Waals surface area contributed by atoms with E-state index in [4.69, 9.17) is 0 Å². The predicted octanol–water partition coefficient (Wildman–Crippen LogP) is 1.62. The van der Waals surface area contributed by atoms with Crippen LogP contribution in [0.2, 0.25) is 0 Å². The van der Waals surface area contributed by atoms with Crippen molar-refractivity contribution in [2.24, 2.45) is 0 Å². The van der Waals surface area contributed by atoms with Gasteiger partial charge < -0.3 is 10.6 Å². The van der Waals surface area contributed by atoms with Crippen LogP contribution in [0.1, 0.15) is 34.3 Å². The SMILES string of the molecule is O=C(NCc1ccccc1)c1ccc(CN2C(=O)NC3(CCS(=O)(=O)CC3)C2=O)cc1. The third kappa shape index (κ3) is 4.46. The van der Waals surface area contributed by atoms with Crippen LogP contribution in [0, 0.1) is 0 Å². The molecular weight excluding hydrogens is 418 g/mol. The van der Waals surface area contributed by atoms with Crippen LogP contribution in [0.5, 0.6) is 0 Å². The Morgan fingerprint density at radius 3 is 2.26 bits per heavy atom. The molecule has 0 aromatic heterocycles. The van der Waals surface area contributed by atoms with Crippen LogP contribution in [0.4, 0.5) is 4.79 Å². The molecule has 4 amide bonds. The lowest BCUT2D eigenvalue weighted by Crippen LogP contribution is -2.52. The Bertz CT molecular complexity index is 1100. The van der Waals surface area contributed by atoms with Gasteiger partial charge in [-0.15, -0.1) is 0 Å². The minimum absolute atomic E-state index is 0.0606. The standard InChI is InChI=1S/C22H23N3O5S/c26-19(23-14-16-4-2-1-3-5-16)18-8-6-17(7-9-18)15-25-20(27)22(24-21(25)28)10-12-31(29,30)13-11-22/h1-9H,10-15H2,(H,23,26)(H,24,28). The van der Waals surface area contributed by atoms with Crippen molar-refractivity contribution in [3.8, 4) is 0 Å². The summed E-state index contributed by atoms with van der Waals surface area (Å²) in [5.74, 6) is -0.830. The van der Waals surface area contributed by atoms with Gasteiger partial charge in [0.15, 0.2) is 9.84 Å².